The van der Waals surface area contributed by atoms with Crippen molar-refractivity contribution in [2.24, 2.45) is 0 Å². The van der Waals surface area contributed by atoms with Crippen LogP contribution in [0.4, 0.5) is 0 Å². The summed E-state index contributed by atoms with van der Waals surface area (Å²) in [6.45, 7) is 2.97. The summed E-state index contributed by atoms with van der Waals surface area (Å²) in [6.07, 6.45) is 2.07. The molecule has 0 spiro atoms. The van der Waals surface area contributed by atoms with Crippen LogP contribution in [0.5, 0.6) is 5.75 Å². The van der Waals surface area contributed by atoms with E-state index in [0.29, 0.717) is 29.9 Å². The molecule has 0 atom stereocenters. The summed E-state index contributed by atoms with van der Waals surface area (Å²) in [5.74, 6) is 0.530. The molecule has 1 aliphatic carbocycles. The van der Waals surface area contributed by atoms with Crippen LogP contribution in [0.1, 0.15) is 34.4 Å². The van der Waals surface area contributed by atoms with Gasteiger partial charge in [-0.1, -0.05) is 12.1 Å². The second-order valence-electron chi connectivity index (χ2n) is 7.21. The highest BCUT2D eigenvalue weighted by molar-refractivity contribution is 7.20. The highest BCUT2D eigenvalue weighted by Gasteiger charge is 2.34. The third-order valence-electron chi connectivity index (χ3n) is 5.06. The van der Waals surface area contributed by atoms with Crippen molar-refractivity contribution in [3.05, 3.63) is 57.5 Å². The number of aryl methyl sites for hydroxylation is 1. The lowest BCUT2D eigenvalue weighted by Crippen LogP contribution is -2.56. The molecule has 1 aromatic carbocycles. The fourth-order valence-corrected chi connectivity index (χ4v) is 4.45. The molecule has 27 heavy (non-hydrogen) atoms. The first-order valence-electron chi connectivity index (χ1n) is 9.13. The molecular weight excluding hydrogens is 362 g/mol. The van der Waals surface area contributed by atoms with Crippen LogP contribution < -0.4 is 10.3 Å². The molecule has 7 heteroatoms. The predicted molar refractivity (Wildman–Crippen MR) is 104 cm³/mol. The zero-order valence-corrected chi connectivity index (χ0v) is 15.7. The van der Waals surface area contributed by atoms with E-state index >= 15 is 0 Å². The van der Waals surface area contributed by atoms with E-state index in [4.69, 9.17) is 4.74 Å². The Morgan fingerprint density at radius 1 is 1.22 bits per heavy atom. The minimum absolute atomic E-state index is 0.00534. The minimum Gasteiger partial charge on any atom is -0.486 e. The number of para-hydroxylation sites is 1. The Morgan fingerprint density at radius 2 is 2.00 bits per heavy atom. The van der Waals surface area contributed by atoms with Gasteiger partial charge in [-0.25, -0.2) is 4.98 Å². The highest BCUT2D eigenvalue weighted by atomic mass is 32.1. The van der Waals surface area contributed by atoms with Gasteiger partial charge in [0.1, 0.15) is 11.9 Å². The molecule has 6 nitrogen and oxygen atoms in total. The average Bonchev–Trinajstić information content (AvgIpc) is 3.33. The Labute approximate surface area is 160 Å². The van der Waals surface area contributed by atoms with Gasteiger partial charge in [-0.2, -0.15) is 0 Å². The van der Waals surface area contributed by atoms with E-state index < -0.39 is 0 Å². The van der Waals surface area contributed by atoms with E-state index in [1.54, 1.807) is 11.0 Å². The summed E-state index contributed by atoms with van der Waals surface area (Å²) in [7, 11) is 0. The lowest BCUT2D eigenvalue weighted by molar-refractivity contribution is 0.0176. The monoisotopic (exact) mass is 381 g/mol. The van der Waals surface area contributed by atoms with Gasteiger partial charge in [0.25, 0.3) is 11.5 Å². The lowest BCUT2D eigenvalue weighted by Gasteiger charge is -2.38. The van der Waals surface area contributed by atoms with Crippen molar-refractivity contribution in [2.45, 2.75) is 31.9 Å². The fraction of sp³-hybridized carbons (Fsp3) is 0.350. The number of amides is 1. The highest BCUT2D eigenvalue weighted by Crippen LogP contribution is 2.35. The van der Waals surface area contributed by atoms with E-state index in [1.165, 1.54) is 11.3 Å². The number of carbonyl (C=O) groups excluding carboxylic acids is 1. The molecule has 2 aromatic heterocycles. The molecular formula is C20H19N3O3S. The lowest BCUT2D eigenvalue weighted by atomic mass is 10.1. The number of pyridine rings is 1. The van der Waals surface area contributed by atoms with E-state index in [0.717, 1.165) is 28.8 Å². The van der Waals surface area contributed by atoms with Crippen molar-refractivity contribution in [1.82, 2.24) is 14.5 Å². The molecule has 1 saturated carbocycles. The van der Waals surface area contributed by atoms with Gasteiger partial charge >= 0.3 is 0 Å². The summed E-state index contributed by atoms with van der Waals surface area (Å²) >= 11 is 1.42. The van der Waals surface area contributed by atoms with Gasteiger partial charge in [0, 0.05) is 17.8 Å². The predicted octanol–water partition coefficient (Wildman–Crippen LogP) is 3.00. The molecule has 0 bridgehead atoms. The molecule has 138 valence electrons. The van der Waals surface area contributed by atoms with Gasteiger partial charge in [0.2, 0.25) is 0 Å². The van der Waals surface area contributed by atoms with E-state index in [1.807, 2.05) is 41.8 Å². The summed E-state index contributed by atoms with van der Waals surface area (Å²) < 4.78 is 8.78. The molecule has 0 radical (unpaired) electrons. The standard InChI is InChI=1S/C20H19N3O3S/c1-12-8-14(9-18(24)23(12)13-6-7-13)26-15-10-22(11-15)20(25)19-21-16-4-2-3-5-17(16)27-19/h2-5,8-9,13,15H,6-7,10-11H2,1H3. The quantitative estimate of drug-likeness (QED) is 0.697. The largest absolute Gasteiger partial charge is 0.486 e. The molecule has 0 unspecified atom stereocenters. The van der Waals surface area contributed by atoms with E-state index in [2.05, 4.69) is 4.98 Å². The summed E-state index contributed by atoms with van der Waals surface area (Å²) in [5, 5.41) is 0.512. The van der Waals surface area contributed by atoms with Crippen LogP contribution in [0, 0.1) is 6.92 Å². The van der Waals surface area contributed by atoms with Crippen molar-refractivity contribution < 1.29 is 9.53 Å². The molecule has 5 rings (SSSR count). The third-order valence-corrected chi connectivity index (χ3v) is 6.09. The second kappa shape index (κ2) is 6.20. The number of ether oxygens (including phenoxy) is 1. The third kappa shape index (κ3) is 3.02. The van der Waals surface area contributed by atoms with E-state index in [9.17, 15) is 9.59 Å². The first-order chi connectivity index (χ1) is 13.1. The number of fused-ring (bicyclic) bond motifs is 1. The van der Waals surface area contributed by atoms with Crippen LogP contribution in [-0.2, 0) is 0 Å². The number of rotatable bonds is 4. The molecule has 3 heterocycles. The van der Waals surface area contributed by atoms with Gasteiger partial charge in [-0.15, -0.1) is 11.3 Å². The average molecular weight is 381 g/mol. The molecule has 0 N–H and O–H groups in total. The maximum atomic E-state index is 12.6. The van der Waals surface area contributed by atoms with Gasteiger partial charge in [0.15, 0.2) is 5.01 Å². The van der Waals surface area contributed by atoms with Gasteiger partial charge in [0.05, 0.1) is 23.3 Å². The van der Waals surface area contributed by atoms with Crippen molar-refractivity contribution in [1.29, 1.82) is 0 Å². The molecule has 3 aromatic rings. The number of benzene rings is 1. The van der Waals surface area contributed by atoms with Crippen molar-refractivity contribution in [3.63, 3.8) is 0 Å². The molecule has 2 aliphatic rings. The number of hydrogen-bond donors (Lipinski definition) is 0. The Bertz CT molecular complexity index is 1060. The smallest absolute Gasteiger partial charge is 0.283 e. The van der Waals surface area contributed by atoms with Gasteiger partial charge in [-0.3, -0.25) is 9.59 Å². The van der Waals surface area contributed by atoms with Gasteiger partial charge in [-0.05, 0) is 38.0 Å². The normalized spacial score (nSPS) is 17.1. The van der Waals surface area contributed by atoms with Crippen LogP contribution in [0.15, 0.2) is 41.2 Å². The second-order valence-corrected chi connectivity index (χ2v) is 8.24. The van der Waals surface area contributed by atoms with Crippen LogP contribution in [-0.4, -0.2) is 39.6 Å². The Balaban J connectivity index is 1.24. The van der Waals surface area contributed by atoms with E-state index in [-0.39, 0.29) is 17.6 Å². The number of likely N-dealkylation sites (tertiary alicyclic amines) is 1. The van der Waals surface area contributed by atoms with Crippen molar-refractivity contribution >= 4 is 27.5 Å². The van der Waals surface area contributed by atoms with Crippen LogP contribution in [0.25, 0.3) is 10.2 Å². The topological polar surface area (TPSA) is 64.4 Å². The fourth-order valence-electron chi connectivity index (χ4n) is 3.52. The van der Waals surface area contributed by atoms with Crippen molar-refractivity contribution in [3.8, 4) is 5.75 Å². The number of thiazole rings is 1. The maximum Gasteiger partial charge on any atom is 0.283 e. The molecule has 1 saturated heterocycles. The number of aromatic nitrogens is 2. The van der Waals surface area contributed by atoms with Crippen LogP contribution in [0.2, 0.25) is 0 Å². The van der Waals surface area contributed by atoms with Gasteiger partial charge < -0.3 is 14.2 Å². The molecule has 1 amide bonds. The minimum atomic E-state index is -0.0843. The molecule has 2 fully saturated rings. The first kappa shape index (κ1) is 16.5. The summed E-state index contributed by atoms with van der Waals surface area (Å²) in [6, 6.07) is 11.6. The Kier molecular flexibility index (Phi) is 3.79. The Hall–Kier alpha value is -2.67. The SMILES string of the molecule is Cc1cc(OC2CN(C(=O)c3nc4ccccc4s3)C2)cc(=O)n1C1CC1. The van der Waals surface area contributed by atoms with Crippen LogP contribution >= 0.6 is 11.3 Å². The zero-order chi connectivity index (χ0) is 18.5. The Morgan fingerprint density at radius 3 is 2.70 bits per heavy atom. The first-order valence-corrected chi connectivity index (χ1v) is 9.95. The maximum absolute atomic E-state index is 12.6. The number of carbonyl (C=O) groups is 1. The molecule has 1 aliphatic heterocycles. The summed E-state index contributed by atoms with van der Waals surface area (Å²) in [5.41, 5.74) is 1.78. The van der Waals surface area contributed by atoms with Crippen LogP contribution in [0.3, 0.4) is 0 Å². The zero-order valence-electron chi connectivity index (χ0n) is 14.9. The number of hydrogen-bond acceptors (Lipinski definition) is 5. The number of nitrogens with zero attached hydrogens (tertiary/aromatic N) is 3. The van der Waals surface area contributed by atoms with Crippen molar-refractivity contribution in [2.75, 3.05) is 13.1 Å². The summed E-state index contributed by atoms with van der Waals surface area (Å²) in [4.78, 5) is 31.0.